The maximum absolute atomic E-state index is 12.9. The summed E-state index contributed by atoms with van der Waals surface area (Å²) in [5.74, 6) is 0.555. The lowest BCUT2D eigenvalue weighted by molar-refractivity contribution is 0.459. The molecule has 3 heteroatoms. The van der Waals surface area contributed by atoms with Crippen LogP contribution < -0.4 is 5.32 Å². The highest BCUT2D eigenvalue weighted by Crippen LogP contribution is 2.17. The average Bonchev–Trinajstić information content (AvgIpc) is 2.22. The highest BCUT2D eigenvalue weighted by atomic mass is 19.1. The van der Waals surface area contributed by atoms with Crippen LogP contribution in [0.15, 0.2) is 18.2 Å². The topological polar surface area (TPSA) is 32.3 Å². The van der Waals surface area contributed by atoms with Crippen LogP contribution in [0.4, 0.5) is 4.39 Å². The lowest BCUT2D eigenvalue weighted by Crippen LogP contribution is -2.15. The second-order valence-corrected chi connectivity index (χ2v) is 4.49. The molecule has 1 aromatic rings. The van der Waals surface area contributed by atoms with E-state index in [-0.39, 0.29) is 11.6 Å². The van der Waals surface area contributed by atoms with Crippen LogP contribution >= 0.6 is 0 Å². The van der Waals surface area contributed by atoms with Crippen molar-refractivity contribution in [2.24, 2.45) is 5.92 Å². The molecule has 0 amide bonds. The van der Waals surface area contributed by atoms with Gasteiger partial charge in [0.05, 0.1) is 0 Å². The third-order valence-corrected chi connectivity index (χ3v) is 2.49. The molecule has 90 valence electrons. The number of aromatic hydroxyl groups is 1. The molecule has 2 N–H and O–H groups in total. The van der Waals surface area contributed by atoms with Gasteiger partial charge < -0.3 is 10.4 Å². The molecule has 0 saturated heterocycles. The van der Waals surface area contributed by atoms with E-state index in [1.54, 1.807) is 0 Å². The van der Waals surface area contributed by atoms with Gasteiger partial charge in [0.15, 0.2) is 0 Å². The molecule has 1 aromatic carbocycles. The minimum atomic E-state index is -0.309. The number of nitrogens with one attached hydrogen (secondary N) is 1. The van der Waals surface area contributed by atoms with Crippen molar-refractivity contribution >= 4 is 0 Å². The molecule has 0 aliphatic rings. The third kappa shape index (κ3) is 4.62. The molecule has 2 nitrogen and oxygen atoms in total. The van der Waals surface area contributed by atoms with Crippen molar-refractivity contribution in [2.75, 3.05) is 6.54 Å². The smallest absolute Gasteiger partial charge is 0.123 e. The summed E-state index contributed by atoms with van der Waals surface area (Å²) in [6.07, 6.45) is 2.29. The highest BCUT2D eigenvalue weighted by Gasteiger charge is 2.02. The quantitative estimate of drug-likeness (QED) is 0.729. The lowest BCUT2D eigenvalue weighted by Gasteiger charge is -2.08. The van der Waals surface area contributed by atoms with E-state index >= 15 is 0 Å². The average molecular weight is 225 g/mol. The Balaban J connectivity index is 2.29. The lowest BCUT2D eigenvalue weighted by atomic mass is 10.1. The Hall–Kier alpha value is -1.09. The van der Waals surface area contributed by atoms with Crippen molar-refractivity contribution in [3.8, 4) is 5.75 Å². The second-order valence-electron chi connectivity index (χ2n) is 4.49. The van der Waals surface area contributed by atoms with E-state index in [1.807, 2.05) is 0 Å². The molecule has 0 aliphatic heterocycles. The number of phenols is 1. The minimum Gasteiger partial charge on any atom is -0.508 e. The van der Waals surface area contributed by atoms with Gasteiger partial charge in [-0.25, -0.2) is 4.39 Å². The first-order valence-electron chi connectivity index (χ1n) is 5.77. The minimum absolute atomic E-state index is 0.151. The Bertz CT molecular complexity index is 326. The summed E-state index contributed by atoms with van der Waals surface area (Å²) in [5, 5.41) is 12.7. The van der Waals surface area contributed by atoms with Crippen LogP contribution in [0.1, 0.15) is 32.3 Å². The van der Waals surface area contributed by atoms with E-state index in [0.29, 0.717) is 18.0 Å². The second kappa shape index (κ2) is 6.48. The summed E-state index contributed by atoms with van der Waals surface area (Å²) in [6.45, 7) is 5.80. The first-order valence-corrected chi connectivity index (χ1v) is 5.77. The molecule has 0 aliphatic carbocycles. The highest BCUT2D eigenvalue weighted by molar-refractivity contribution is 5.32. The van der Waals surface area contributed by atoms with Crippen LogP contribution in [0.2, 0.25) is 0 Å². The summed E-state index contributed by atoms with van der Waals surface area (Å²) in [7, 11) is 0. The molecule has 0 heterocycles. The van der Waals surface area contributed by atoms with Gasteiger partial charge >= 0.3 is 0 Å². The van der Waals surface area contributed by atoms with Gasteiger partial charge in [0, 0.05) is 12.1 Å². The number of benzene rings is 1. The Morgan fingerprint density at radius 2 is 2.12 bits per heavy atom. The largest absolute Gasteiger partial charge is 0.508 e. The fraction of sp³-hybridized carbons (Fsp3) is 0.538. The maximum Gasteiger partial charge on any atom is 0.123 e. The van der Waals surface area contributed by atoms with Gasteiger partial charge in [-0.15, -0.1) is 0 Å². The SMILES string of the molecule is CC(C)CCCNCc1cc(F)ccc1O. The van der Waals surface area contributed by atoms with Gasteiger partial charge in [-0.2, -0.15) is 0 Å². The summed E-state index contributed by atoms with van der Waals surface area (Å²) < 4.78 is 12.9. The van der Waals surface area contributed by atoms with Crippen LogP contribution in [-0.4, -0.2) is 11.7 Å². The number of phenolic OH excluding ortho intramolecular Hbond substituents is 1. The predicted octanol–water partition coefficient (Wildman–Crippen LogP) is 3.06. The zero-order valence-electron chi connectivity index (χ0n) is 9.96. The van der Waals surface area contributed by atoms with Crippen LogP contribution in [0.25, 0.3) is 0 Å². The van der Waals surface area contributed by atoms with E-state index < -0.39 is 0 Å². The first kappa shape index (κ1) is 13.0. The zero-order valence-corrected chi connectivity index (χ0v) is 9.96. The summed E-state index contributed by atoms with van der Waals surface area (Å²) >= 11 is 0. The van der Waals surface area contributed by atoms with Crippen molar-refractivity contribution in [1.29, 1.82) is 0 Å². The van der Waals surface area contributed by atoms with E-state index in [4.69, 9.17) is 0 Å². The fourth-order valence-corrected chi connectivity index (χ4v) is 1.55. The van der Waals surface area contributed by atoms with Gasteiger partial charge in [-0.3, -0.25) is 0 Å². The third-order valence-electron chi connectivity index (χ3n) is 2.49. The number of rotatable bonds is 6. The Labute approximate surface area is 96.5 Å². The zero-order chi connectivity index (χ0) is 12.0. The molecular weight excluding hydrogens is 205 g/mol. The summed E-state index contributed by atoms with van der Waals surface area (Å²) in [5.41, 5.74) is 0.615. The van der Waals surface area contributed by atoms with Crippen molar-refractivity contribution in [3.05, 3.63) is 29.6 Å². The molecule has 0 unspecified atom stereocenters. The number of halogens is 1. The van der Waals surface area contributed by atoms with Gasteiger partial charge in [-0.1, -0.05) is 13.8 Å². The molecule has 1 rings (SSSR count). The van der Waals surface area contributed by atoms with E-state index in [0.717, 1.165) is 13.0 Å². The Morgan fingerprint density at radius 1 is 1.38 bits per heavy atom. The molecular formula is C13H20FNO. The molecule has 0 saturated carbocycles. The van der Waals surface area contributed by atoms with Gasteiger partial charge in [-0.05, 0) is 43.5 Å². The van der Waals surface area contributed by atoms with Crippen LogP contribution in [0, 0.1) is 11.7 Å². The van der Waals surface area contributed by atoms with Gasteiger partial charge in [0.1, 0.15) is 11.6 Å². The predicted molar refractivity (Wildman–Crippen MR) is 63.8 cm³/mol. The molecule has 0 fully saturated rings. The van der Waals surface area contributed by atoms with Gasteiger partial charge in [0.2, 0.25) is 0 Å². The van der Waals surface area contributed by atoms with Crippen LogP contribution in [0.5, 0.6) is 5.75 Å². The molecule has 0 bridgehead atoms. The monoisotopic (exact) mass is 225 g/mol. The van der Waals surface area contributed by atoms with Crippen LogP contribution in [0.3, 0.4) is 0 Å². The summed E-state index contributed by atoms with van der Waals surface area (Å²) in [6, 6.07) is 4.02. The molecule has 0 radical (unpaired) electrons. The molecule has 16 heavy (non-hydrogen) atoms. The van der Waals surface area contributed by atoms with Crippen molar-refractivity contribution in [1.82, 2.24) is 5.32 Å². The Morgan fingerprint density at radius 3 is 2.81 bits per heavy atom. The standard InChI is InChI=1S/C13H20FNO/c1-10(2)4-3-7-15-9-11-8-12(14)5-6-13(11)16/h5-6,8,10,15-16H,3-4,7,9H2,1-2H3. The van der Waals surface area contributed by atoms with Crippen molar-refractivity contribution in [3.63, 3.8) is 0 Å². The number of hydrogen-bond acceptors (Lipinski definition) is 2. The van der Waals surface area contributed by atoms with Crippen LogP contribution in [-0.2, 0) is 6.54 Å². The van der Waals surface area contributed by atoms with E-state index in [1.165, 1.54) is 24.6 Å². The normalized spacial score (nSPS) is 11.0. The molecule has 0 atom stereocenters. The molecule has 0 spiro atoms. The van der Waals surface area contributed by atoms with E-state index in [9.17, 15) is 9.50 Å². The van der Waals surface area contributed by atoms with Crippen molar-refractivity contribution in [2.45, 2.75) is 33.2 Å². The summed E-state index contributed by atoms with van der Waals surface area (Å²) in [4.78, 5) is 0. The number of hydrogen-bond donors (Lipinski definition) is 2. The molecule has 0 aromatic heterocycles. The Kier molecular flexibility index (Phi) is 5.26. The van der Waals surface area contributed by atoms with E-state index in [2.05, 4.69) is 19.2 Å². The fourth-order valence-electron chi connectivity index (χ4n) is 1.55. The first-order chi connectivity index (χ1) is 7.59. The maximum atomic E-state index is 12.9. The van der Waals surface area contributed by atoms with Gasteiger partial charge in [0.25, 0.3) is 0 Å². The van der Waals surface area contributed by atoms with Crippen molar-refractivity contribution < 1.29 is 9.50 Å².